The first-order chi connectivity index (χ1) is 11.8. The van der Waals surface area contributed by atoms with E-state index in [1.54, 1.807) is 36.4 Å². The second-order valence-electron chi connectivity index (χ2n) is 5.33. The Morgan fingerprint density at radius 3 is 2.24 bits per heavy atom. The van der Waals surface area contributed by atoms with Crippen molar-refractivity contribution in [2.45, 2.75) is 16.7 Å². The molecule has 0 saturated carbocycles. The van der Waals surface area contributed by atoms with Gasteiger partial charge in [-0.05, 0) is 54.3 Å². The monoisotopic (exact) mass is 377 g/mol. The van der Waals surface area contributed by atoms with Crippen molar-refractivity contribution in [1.29, 1.82) is 0 Å². The molecule has 132 valence electrons. The zero-order valence-corrected chi connectivity index (χ0v) is 15.1. The van der Waals surface area contributed by atoms with Crippen LogP contribution in [0.5, 0.6) is 0 Å². The lowest BCUT2D eigenvalue weighted by atomic mass is 10.1. The molecule has 0 bridgehead atoms. The Bertz CT molecular complexity index is 932. The number of nitrogen functional groups attached to an aromatic ring is 3. The maximum absolute atomic E-state index is 11.1. The summed E-state index contributed by atoms with van der Waals surface area (Å²) in [6, 6.07) is 13.7. The summed E-state index contributed by atoms with van der Waals surface area (Å²) in [5.74, 6) is 0. The quantitative estimate of drug-likeness (QED) is 0.261. The number of fused-ring (bicyclic) bond motifs is 1. The van der Waals surface area contributed by atoms with Gasteiger partial charge in [-0.2, -0.15) is 0 Å². The molecule has 0 amide bonds. The van der Waals surface area contributed by atoms with E-state index in [1.165, 1.54) is 0 Å². The number of aryl methyl sites for hydroxylation is 1. The van der Waals surface area contributed by atoms with Crippen molar-refractivity contribution in [2.24, 2.45) is 0 Å². The lowest BCUT2D eigenvalue weighted by molar-refractivity contribution is 0.565. The molecule has 0 heterocycles. The zero-order valence-electron chi connectivity index (χ0n) is 13.5. The van der Waals surface area contributed by atoms with Crippen molar-refractivity contribution in [3.8, 4) is 0 Å². The molecule has 25 heavy (non-hydrogen) atoms. The largest absolute Gasteiger partial charge is 0.399 e. The highest BCUT2D eigenvalue weighted by molar-refractivity contribution is 7.94. The van der Waals surface area contributed by atoms with Crippen LogP contribution in [0.3, 0.4) is 0 Å². The molecule has 0 aromatic heterocycles. The second kappa shape index (κ2) is 8.21. The van der Waals surface area contributed by atoms with E-state index in [0.717, 1.165) is 16.9 Å². The van der Waals surface area contributed by atoms with Gasteiger partial charge in [-0.25, -0.2) is 4.21 Å². The van der Waals surface area contributed by atoms with E-state index in [4.69, 9.17) is 26.3 Å². The van der Waals surface area contributed by atoms with Gasteiger partial charge in [0.25, 0.3) is 0 Å². The van der Waals surface area contributed by atoms with Gasteiger partial charge in [0.2, 0.25) is 0 Å². The average Bonchev–Trinajstić information content (AvgIpc) is 2.57. The molecule has 3 aromatic carbocycles. The normalized spacial score (nSPS) is 11.6. The van der Waals surface area contributed by atoms with Gasteiger partial charge in [0.15, 0.2) is 11.1 Å². The highest BCUT2D eigenvalue weighted by Crippen LogP contribution is 2.31. The van der Waals surface area contributed by atoms with Crippen LogP contribution in [0.4, 0.5) is 17.1 Å². The van der Waals surface area contributed by atoms with Gasteiger partial charge in [-0.15, -0.1) is 0 Å². The van der Waals surface area contributed by atoms with E-state index in [2.05, 4.69) is 0 Å². The predicted octanol–water partition coefficient (Wildman–Crippen LogP) is 3.73. The van der Waals surface area contributed by atoms with E-state index in [9.17, 15) is 4.21 Å². The van der Waals surface area contributed by atoms with Crippen molar-refractivity contribution in [3.63, 3.8) is 0 Å². The highest BCUT2D eigenvalue weighted by atomic mass is 32.2. The topological polar surface area (TPSA) is 136 Å². The van der Waals surface area contributed by atoms with Crippen LogP contribution in [-0.2, 0) is 11.1 Å². The molecule has 8 heteroatoms. The summed E-state index contributed by atoms with van der Waals surface area (Å²) in [6.07, 6.45) is 0. The number of rotatable bonds is 2. The van der Waals surface area contributed by atoms with Crippen molar-refractivity contribution < 1.29 is 13.3 Å². The smallest absolute Gasteiger partial charge is 0.187 e. The van der Waals surface area contributed by atoms with Crippen molar-refractivity contribution in [1.82, 2.24) is 0 Å². The van der Waals surface area contributed by atoms with E-state index in [1.807, 2.05) is 19.1 Å². The van der Waals surface area contributed by atoms with E-state index >= 15 is 0 Å². The summed E-state index contributed by atoms with van der Waals surface area (Å²) in [4.78, 5) is 0.863. The highest BCUT2D eigenvalue weighted by Gasteiger charge is 2.10. The summed E-state index contributed by atoms with van der Waals surface area (Å²) < 4.78 is 29.4. The van der Waals surface area contributed by atoms with Crippen LogP contribution in [0, 0.1) is 6.92 Å². The first-order valence-corrected chi connectivity index (χ1v) is 9.07. The summed E-state index contributed by atoms with van der Waals surface area (Å²) in [5.41, 5.74) is 19.7. The first kappa shape index (κ1) is 19.1. The second-order valence-corrected chi connectivity index (χ2v) is 6.89. The number of benzene rings is 3. The third kappa shape index (κ3) is 4.64. The van der Waals surface area contributed by atoms with Gasteiger partial charge in [-0.1, -0.05) is 12.1 Å². The molecule has 3 rings (SSSR count). The third-order valence-electron chi connectivity index (χ3n) is 3.52. The standard InChI is InChI=1S/C10H9NO3S2.C7H10N2/c11-6-4-8-7(9(5-6)15-12)2-1-3-10(8)16(13)14;1-5-4-6(8)2-3-7(5)9/h1-5,12H,11H2,(H,13,14);2-4H,8-9H2,1H3. The van der Waals surface area contributed by atoms with Crippen molar-refractivity contribution >= 4 is 51.0 Å². The van der Waals surface area contributed by atoms with Crippen LogP contribution in [0.2, 0.25) is 0 Å². The molecular formula is C17H19N3O3S2. The number of nitrogens with two attached hydrogens (primary N) is 3. The Morgan fingerprint density at radius 1 is 0.960 bits per heavy atom. The molecule has 0 fully saturated rings. The lowest BCUT2D eigenvalue weighted by Crippen LogP contribution is -1.93. The minimum absolute atomic E-state index is 0.292. The number of anilines is 3. The molecule has 6 nitrogen and oxygen atoms in total. The predicted molar refractivity (Wildman–Crippen MR) is 106 cm³/mol. The van der Waals surface area contributed by atoms with Crippen molar-refractivity contribution in [2.75, 3.05) is 17.2 Å². The van der Waals surface area contributed by atoms with Crippen LogP contribution >= 0.6 is 12.0 Å². The maximum atomic E-state index is 11.1. The van der Waals surface area contributed by atoms with Gasteiger partial charge >= 0.3 is 0 Å². The summed E-state index contributed by atoms with van der Waals surface area (Å²) in [7, 11) is 0. The van der Waals surface area contributed by atoms with E-state index in [0.29, 0.717) is 38.3 Å². The van der Waals surface area contributed by atoms with Crippen LogP contribution in [0.15, 0.2) is 58.3 Å². The van der Waals surface area contributed by atoms with Crippen LogP contribution in [0.1, 0.15) is 5.56 Å². The van der Waals surface area contributed by atoms with E-state index in [-0.39, 0.29) is 0 Å². The van der Waals surface area contributed by atoms with Crippen LogP contribution in [-0.4, -0.2) is 13.3 Å². The first-order valence-electron chi connectivity index (χ1n) is 7.19. The minimum Gasteiger partial charge on any atom is -0.399 e. The SMILES string of the molecule is Cc1cc(N)ccc1N.Nc1cc(SO)c2cccc(S(=O)O)c2c1. The minimum atomic E-state index is -2.07. The van der Waals surface area contributed by atoms with Gasteiger partial charge < -0.3 is 26.3 Å². The third-order valence-corrected chi connectivity index (χ3v) is 4.79. The molecule has 0 aliphatic carbocycles. The van der Waals surface area contributed by atoms with Gasteiger partial charge in [0.05, 0.1) is 4.90 Å². The molecule has 0 radical (unpaired) electrons. The number of hydrogen-bond acceptors (Lipinski definition) is 6. The van der Waals surface area contributed by atoms with E-state index < -0.39 is 11.1 Å². The summed E-state index contributed by atoms with van der Waals surface area (Å²) >= 11 is -1.50. The lowest BCUT2D eigenvalue weighted by Gasteiger charge is -2.07. The Balaban J connectivity index is 0.000000212. The van der Waals surface area contributed by atoms with Crippen LogP contribution < -0.4 is 17.2 Å². The Hall–Kier alpha value is -2.26. The number of hydrogen-bond donors (Lipinski definition) is 5. The fourth-order valence-electron chi connectivity index (χ4n) is 2.27. The summed E-state index contributed by atoms with van der Waals surface area (Å²) in [6.45, 7) is 1.94. The molecule has 1 atom stereocenters. The molecule has 8 N–H and O–H groups in total. The molecular weight excluding hydrogens is 358 g/mol. The van der Waals surface area contributed by atoms with Crippen molar-refractivity contribution in [3.05, 3.63) is 54.1 Å². The fourth-order valence-corrected chi connectivity index (χ4v) is 3.29. The van der Waals surface area contributed by atoms with Crippen LogP contribution in [0.25, 0.3) is 10.8 Å². The molecule has 3 aromatic rings. The fraction of sp³-hybridized carbons (Fsp3) is 0.0588. The molecule has 1 unspecified atom stereocenters. The Morgan fingerprint density at radius 2 is 1.68 bits per heavy atom. The average molecular weight is 377 g/mol. The summed E-state index contributed by atoms with van der Waals surface area (Å²) in [5, 5.41) is 1.29. The van der Waals surface area contributed by atoms with Gasteiger partial charge in [0, 0.05) is 39.4 Å². The zero-order chi connectivity index (χ0) is 18.6. The van der Waals surface area contributed by atoms with Gasteiger partial charge in [0.1, 0.15) is 0 Å². The molecule has 0 aliphatic heterocycles. The Kier molecular flexibility index (Phi) is 6.27. The maximum Gasteiger partial charge on any atom is 0.187 e. The Labute approximate surface area is 152 Å². The molecule has 0 saturated heterocycles. The molecule has 0 spiro atoms. The molecule has 0 aliphatic rings. The van der Waals surface area contributed by atoms with Gasteiger partial charge in [-0.3, -0.25) is 0 Å².